The van der Waals surface area contributed by atoms with E-state index in [9.17, 15) is 22.0 Å². The fraction of sp³-hybridized carbons (Fsp3) is 0.174. The maximum atomic E-state index is 13.5. The van der Waals surface area contributed by atoms with Gasteiger partial charge in [-0.05, 0) is 54.8 Å². The smallest absolute Gasteiger partial charge is 0.242 e. The molecule has 0 aliphatic heterocycles. The van der Waals surface area contributed by atoms with E-state index in [0.717, 1.165) is 12.1 Å². The fourth-order valence-corrected chi connectivity index (χ4v) is 4.39. The molecule has 32 heavy (non-hydrogen) atoms. The van der Waals surface area contributed by atoms with Crippen molar-refractivity contribution in [2.24, 2.45) is 0 Å². The predicted molar refractivity (Wildman–Crippen MR) is 117 cm³/mol. The number of amides is 1. The first kappa shape index (κ1) is 23.4. The number of nitrogens with one attached hydrogen (secondary N) is 2. The number of ether oxygens (including phenoxy) is 1. The van der Waals surface area contributed by atoms with Gasteiger partial charge in [-0.2, -0.15) is 4.72 Å². The van der Waals surface area contributed by atoms with Crippen LogP contribution in [0, 0.1) is 18.6 Å². The highest BCUT2D eigenvalue weighted by Gasteiger charge is 2.27. The van der Waals surface area contributed by atoms with Crippen LogP contribution in [0.4, 0.5) is 14.5 Å². The minimum atomic E-state index is -4.08. The van der Waals surface area contributed by atoms with Gasteiger partial charge in [-0.15, -0.1) is 0 Å². The summed E-state index contributed by atoms with van der Waals surface area (Å²) in [5.41, 5.74) is 1.33. The van der Waals surface area contributed by atoms with Gasteiger partial charge in [0.25, 0.3) is 0 Å². The number of rotatable bonds is 8. The Morgan fingerprint density at radius 2 is 1.72 bits per heavy atom. The monoisotopic (exact) mass is 460 g/mol. The number of halogens is 2. The van der Waals surface area contributed by atoms with Crippen LogP contribution < -0.4 is 14.8 Å². The molecule has 0 bridgehead atoms. The third kappa shape index (κ3) is 5.68. The summed E-state index contributed by atoms with van der Waals surface area (Å²) in [5, 5.41) is 2.44. The molecule has 0 aliphatic rings. The van der Waals surface area contributed by atoms with Crippen LogP contribution in [-0.2, 0) is 21.2 Å². The lowest BCUT2D eigenvalue weighted by Crippen LogP contribution is -2.45. The molecule has 1 unspecified atom stereocenters. The quantitative estimate of drug-likeness (QED) is 0.536. The van der Waals surface area contributed by atoms with Crippen LogP contribution in [0.1, 0.15) is 11.1 Å². The van der Waals surface area contributed by atoms with E-state index in [4.69, 9.17) is 4.74 Å². The van der Waals surface area contributed by atoms with Crippen LogP contribution in [-0.4, -0.2) is 27.5 Å². The summed E-state index contributed by atoms with van der Waals surface area (Å²) in [6.07, 6.45) is 0.0463. The first-order valence-electron chi connectivity index (χ1n) is 9.66. The van der Waals surface area contributed by atoms with E-state index in [1.807, 2.05) is 0 Å². The van der Waals surface area contributed by atoms with E-state index in [-0.39, 0.29) is 17.0 Å². The highest BCUT2D eigenvalue weighted by Crippen LogP contribution is 2.22. The minimum absolute atomic E-state index is 0.00597. The van der Waals surface area contributed by atoms with Crippen molar-refractivity contribution in [2.75, 3.05) is 12.4 Å². The zero-order valence-corrected chi connectivity index (χ0v) is 18.2. The van der Waals surface area contributed by atoms with Crippen molar-refractivity contribution in [1.82, 2.24) is 4.72 Å². The number of benzene rings is 3. The standard InChI is InChI=1S/C23H22F2N2O4S/c1-15-12-18(9-11-22(15)31-2)32(29,30)27-21(13-16-6-4-3-5-7-16)23(28)26-17-8-10-19(24)20(25)14-17/h3-12,14,21,27H,13H2,1-2H3,(H,26,28). The van der Waals surface area contributed by atoms with E-state index in [2.05, 4.69) is 10.0 Å². The minimum Gasteiger partial charge on any atom is -0.496 e. The Morgan fingerprint density at radius 1 is 1.00 bits per heavy atom. The summed E-state index contributed by atoms with van der Waals surface area (Å²) < 4.78 is 60.3. The maximum absolute atomic E-state index is 13.5. The molecule has 3 aromatic carbocycles. The van der Waals surface area contributed by atoms with Crippen LogP contribution >= 0.6 is 0 Å². The molecule has 0 radical (unpaired) electrons. The Balaban J connectivity index is 1.88. The molecule has 0 heterocycles. The maximum Gasteiger partial charge on any atom is 0.242 e. The van der Waals surface area contributed by atoms with Crippen molar-refractivity contribution in [3.05, 3.63) is 89.5 Å². The zero-order chi connectivity index (χ0) is 23.3. The van der Waals surface area contributed by atoms with Gasteiger partial charge >= 0.3 is 0 Å². The number of hydrogen-bond donors (Lipinski definition) is 2. The largest absolute Gasteiger partial charge is 0.496 e. The second-order valence-electron chi connectivity index (χ2n) is 7.11. The molecule has 9 heteroatoms. The lowest BCUT2D eigenvalue weighted by Gasteiger charge is -2.19. The number of hydrogen-bond acceptors (Lipinski definition) is 4. The number of sulfonamides is 1. The van der Waals surface area contributed by atoms with E-state index >= 15 is 0 Å². The molecule has 0 aromatic heterocycles. The van der Waals surface area contributed by atoms with Crippen molar-refractivity contribution in [3.8, 4) is 5.75 Å². The van der Waals surface area contributed by atoms with Gasteiger partial charge in [0.15, 0.2) is 11.6 Å². The fourth-order valence-electron chi connectivity index (χ4n) is 3.11. The predicted octanol–water partition coefficient (Wildman–Crippen LogP) is 3.81. The lowest BCUT2D eigenvalue weighted by atomic mass is 10.1. The number of carbonyl (C=O) groups is 1. The van der Waals surface area contributed by atoms with Crippen LogP contribution in [0.15, 0.2) is 71.6 Å². The highest BCUT2D eigenvalue weighted by molar-refractivity contribution is 7.89. The summed E-state index contributed by atoms with van der Waals surface area (Å²) in [5.74, 6) is -2.37. The molecular formula is C23H22F2N2O4S. The molecule has 0 aliphatic carbocycles. The topological polar surface area (TPSA) is 84.5 Å². The third-order valence-corrected chi connectivity index (χ3v) is 6.23. The summed E-state index contributed by atoms with van der Waals surface area (Å²) in [4.78, 5) is 12.9. The van der Waals surface area contributed by atoms with E-state index in [1.54, 1.807) is 37.3 Å². The molecule has 6 nitrogen and oxygen atoms in total. The van der Waals surface area contributed by atoms with Crippen LogP contribution in [0.25, 0.3) is 0 Å². The van der Waals surface area contributed by atoms with Gasteiger partial charge in [-0.25, -0.2) is 17.2 Å². The lowest BCUT2D eigenvalue weighted by molar-refractivity contribution is -0.117. The normalized spacial score (nSPS) is 12.2. The third-order valence-electron chi connectivity index (χ3n) is 4.76. The van der Waals surface area contributed by atoms with E-state index in [1.165, 1.54) is 31.4 Å². The van der Waals surface area contributed by atoms with Crippen molar-refractivity contribution >= 4 is 21.6 Å². The van der Waals surface area contributed by atoms with Gasteiger partial charge in [-0.3, -0.25) is 4.79 Å². The second-order valence-corrected chi connectivity index (χ2v) is 8.83. The molecule has 0 saturated heterocycles. The van der Waals surface area contributed by atoms with E-state index in [0.29, 0.717) is 16.9 Å². The average molecular weight is 461 g/mol. The molecule has 3 aromatic rings. The van der Waals surface area contributed by atoms with Gasteiger partial charge in [0, 0.05) is 11.8 Å². The Hall–Kier alpha value is -3.30. The zero-order valence-electron chi connectivity index (χ0n) is 17.4. The first-order chi connectivity index (χ1) is 15.2. The SMILES string of the molecule is COc1ccc(S(=O)(=O)NC(Cc2ccccc2)C(=O)Nc2ccc(F)c(F)c2)cc1C. The Labute approximate surface area is 185 Å². The van der Waals surface area contributed by atoms with Crippen molar-refractivity contribution in [1.29, 1.82) is 0 Å². The van der Waals surface area contributed by atoms with Gasteiger partial charge in [0.1, 0.15) is 11.8 Å². The number of anilines is 1. The van der Waals surface area contributed by atoms with Gasteiger partial charge in [0.2, 0.25) is 15.9 Å². The molecular weight excluding hydrogens is 438 g/mol. The van der Waals surface area contributed by atoms with Gasteiger partial charge in [-0.1, -0.05) is 30.3 Å². The second kappa shape index (κ2) is 9.88. The molecule has 0 spiro atoms. The molecule has 168 valence electrons. The highest BCUT2D eigenvalue weighted by atomic mass is 32.2. The summed E-state index contributed by atoms with van der Waals surface area (Å²) in [6, 6.07) is 14.9. The van der Waals surface area contributed by atoms with Crippen molar-refractivity contribution in [2.45, 2.75) is 24.3 Å². The number of carbonyl (C=O) groups excluding carboxylic acids is 1. The molecule has 2 N–H and O–H groups in total. The van der Waals surface area contributed by atoms with Crippen molar-refractivity contribution < 1.29 is 26.7 Å². The van der Waals surface area contributed by atoms with Crippen LogP contribution in [0.5, 0.6) is 5.75 Å². The van der Waals surface area contributed by atoms with Crippen LogP contribution in [0.3, 0.4) is 0 Å². The molecule has 1 amide bonds. The summed E-state index contributed by atoms with van der Waals surface area (Å²) in [7, 11) is -2.60. The Bertz CT molecular complexity index is 1220. The summed E-state index contributed by atoms with van der Waals surface area (Å²) >= 11 is 0. The average Bonchev–Trinajstić information content (AvgIpc) is 2.76. The number of methoxy groups -OCH3 is 1. The Kier molecular flexibility index (Phi) is 7.22. The van der Waals surface area contributed by atoms with Crippen LogP contribution in [0.2, 0.25) is 0 Å². The molecule has 0 saturated carbocycles. The van der Waals surface area contributed by atoms with Gasteiger partial charge in [0.05, 0.1) is 12.0 Å². The van der Waals surface area contributed by atoms with E-state index < -0.39 is 33.6 Å². The molecule has 0 fully saturated rings. The van der Waals surface area contributed by atoms with Gasteiger partial charge < -0.3 is 10.1 Å². The Morgan fingerprint density at radius 3 is 2.34 bits per heavy atom. The first-order valence-corrected chi connectivity index (χ1v) is 11.1. The summed E-state index contributed by atoms with van der Waals surface area (Å²) in [6.45, 7) is 1.70. The van der Waals surface area contributed by atoms with Crippen molar-refractivity contribution in [3.63, 3.8) is 0 Å². The number of aryl methyl sites for hydroxylation is 1. The molecule has 1 atom stereocenters. The molecule has 3 rings (SSSR count).